The monoisotopic (exact) mass is 941 g/mol. The van der Waals surface area contributed by atoms with Gasteiger partial charge in [0, 0.05) is 64.1 Å². The Kier molecular flexibility index (Phi) is 25.8. The van der Waals surface area contributed by atoms with Crippen molar-refractivity contribution >= 4 is 47.5 Å². The smallest absolute Gasteiger partial charge is 0.309 e. The van der Waals surface area contributed by atoms with Crippen LogP contribution in [0.15, 0.2) is 9.98 Å². The van der Waals surface area contributed by atoms with Crippen LogP contribution in [0.2, 0.25) is 0 Å². The molecule has 66 heavy (non-hydrogen) atoms. The lowest BCUT2D eigenvalue weighted by molar-refractivity contribution is -0.150. The first-order chi connectivity index (χ1) is 31.3. The Morgan fingerprint density at radius 3 is 1.24 bits per heavy atom. The highest BCUT2D eigenvalue weighted by Gasteiger charge is 2.54. The van der Waals surface area contributed by atoms with Crippen molar-refractivity contribution in [2.75, 3.05) is 52.7 Å². The number of ether oxygens (including phenoxy) is 4. The number of guanidine groups is 2. The topological polar surface area (TPSA) is 357 Å². The van der Waals surface area contributed by atoms with Gasteiger partial charge in [0.15, 0.2) is 11.9 Å². The molecule has 2 unspecified atom stereocenters. The third-order valence-corrected chi connectivity index (χ3v) is 12.8. The summed E-state index contributed by atoms with van der Waals surface area (Å²) < 4.78 is 23.5. The molecular weight excluding hydrogens is 861 g/mol. The van der Waals surface area contributed by atoms with E-state index in [-0.39, 0.29) is 80.6 Å². The molecule has 2 aliphatic rings. The summed E-state index contributed by atoms with van der Waals surface area (Å²) in [5.74, 6) is -7.01. The van der Waals surface area contributed by atoms with Crippen molar-refractivity contribution in [3.8, 4) is 0 Å². The molecule has 378 valence electrons. The van der Waals surface area contributed by atoms with Gasteiger partial charge < -0.3 is 73.4 Å². The van der Waals surface area contributed by atoms with Crippen LogP contribution in [0.3, 0.4) is 0 Å². The van der Waals surface area contributed by atoms with Gasteiger partial charge in [-0.05, 0) is 43.4 Å². The van der Waals surface area contributed by atoms with Crippen molar-refractivity contribution in [3.05, 3.63) is 0 Å². The Morgan fingerprint density at radius 1 is 0.606 bits per heavy atom. The molecule has 14 N–H and O–H groups in total. The summed E-state index contributed by atoms with van der Waals surface area (Å²) in [5.41, 5.74) is 22.9. The van der Waals surface area contributed by atoms with Gasteiger partial charge in [-0.3, -0.25) is 28.8 Å². The highest BCUT2D eigenvalue weighted by atomic mass is 16.5. The summed E-state index contributed by atoms with van der Waals surface area (Å²) in [7, 11) is 0. The zero-order valence-corrected chi connectivity index (χ0v) is 40.0. The zero-order chi connectivity index (χ0) is 49.5. The van der Waals surface area contributed by atoms with E-state index in [1.165, 1.54) is 13.8 Å². The molecule has 0 bridgehead atoms. The number of rotatable bonds is 32. The van der Waals surface area contributed by atoms with E-state index in [1.807, 2.05) is 27.7 Å². The molecule has 11 atom stereocenters. The second-order valence-electron chi connectivity index (χ2n) is 17.5. The zero-order valence-electron chi connectivity index (χ0n) is 40.0. The Labute approximate surface area is 389 Å². The summed E-state index contributed by atoms with van der Waals surface area (Å²) in [5, 5.41) is 31.6. The van der Waals surface area contributed by atoms with Crippen molar-refractivity contribution in [1.82, 2.24) is 21.3 Å². The van der Waals surface area contributed by atoms with Gasteiger partial charge >= 0.3 is 11.9 Å². The summed E-state index contributed by atoms with van der Waals surface area (Å²) in [4.78, 5) is 83.5. The first-order valence-electron chi connectivity index (χ1n) is 23.4. The lowest BCUT2D eigenvalue weighted by Crippen LogP contribution is -2.52. The number of carbonyl (C=O) groups is 6. The van der Waals surface area contributed by atoms with Crippen molar-refractivity contribution in [2.45, 2.75) is 136 Å². The van der Waals surface area contributed by atoms with E-state index in [1.54, 1.807) is 0 Å². The van der Waals surface area contributed by atoms with Crippen molar-refractivity contribution in [1.29, 1.82) is 0 Å². The molecule has 2 fully saturated rings. The first-order valence-corrected chi connectivity index (χ1v) is 23.4. The second-order valence-corrected chi connectivity index (χ2v) is 17.5. The summed E-state index contributed by atoms with van der Waals surface area (Å²) in [6.07, 6.45) is 2.61. The van der Waals surface area contributed by atoms with Gasteiger partial charge in [-0.25, -0.2) is 9.98 Å². The van der Waals surface area contributed by atoms with Crippen molar-refractivity contribution < 1.29 is 57.9 Å². The Balaban J connectivity index is 1.77. The molecule has 2 rings (SSSR count). The second kappa shape index (κ2) is 29.8. The fourth-order valence-electron chi connectivity index (χ4n) is 9.57. The number of hydrogen-bond acceptors (Lipinski definition) is 12. The molecule has 2 saturated carbocycles. The van der Waals surface area contributed by atoms with Gasteiger partial charge in [0.1, 0.15) is 13.2 Å². The lowest BCUT2D eigenvalue weighted by Gasteiger charge is -2.37. The van der Waals surface area contributed by atoms with Gasteiger partial charge in [0.05, 0.1) is 49.3 Å². The minimum absolute atomic E-state index is 0.0104. The molecule has 2 aliphatic carbocycles. The maximum absolute atomic E-state index is 12.8. The molecule has 0 aromatic rings. The molecule has 22 nitrogen and oxygen atoms in total. The van der Waals surface area contributed by atoms with Crippen LogP contribution in [0.4, 0.5) is 0 Å². The van der Waals surface area contributed by atoms with E-state index in [2.05, 4.69) is 38.2 Å². The summed E-state index contributed by atoms with van der Waals surface area (Å²) in [6, 6.07) is -2.24. The number of nitrogens with one attached hydrogen (secondary N) is 4. The quantitative estimate of drug-likeness (QED) is 0.0242. The van der Waals surface area contributed by atoms with Crippen molar-refractivity contribution in [2.24, 2.45) is 74.3 Å². The first kappa shape index (κ1) is 57.3. The fourth-order valence-corrected chi connectivity index (χ4v) is 9.57. The lowest BCUT2D eigenvalue weighted by atomic mass is 9.80. The Bertz CT molecular complexity index is 1490. The number of carboxylic acid groups (broad SMARTS) is 2. The Hall–Kier alpha value is -4.80. The minimum atomic E-state index is -1.11. The van der Waals surface area contributed by atoms with Crippen LogP contribution in [0.5, 0.6) is 0 Å². The molecule has 0 aromatic heterocycles. The molecular formula is C44H80N10O12. The summed E-state index contributed by atoms with van der Waals surface area (Å²) in [6.45, 7) is 13.8. The van der Waals surface area contributed by atoms with E-state index >= 15 is 0 Å². The normalized spacial score (nSPS) is 24.0. The van der Waals surface area contributed by atoms with Gasteiger partial charge in [0.25, 0.3) is 0 Å². The summed E-state index contributed by atoms with van der Waals surface area (Å²) >= 11 is 0. The van der Waals surface area contributed by atoms with E-state index < -0.39 is 97.0 Å². The number of amides is 4. The number of hydrogen-bond donors (Lipinski definition) is 10. The molecule has 0 heterocycles. The molecule has 4 amide bonds. The average Bonchev–Trinajstić information content (AvgIpc) is 3.78. The van der Waals surface area contributed by atoms with Crippen LogP contribution in [-0.4, -0.2) is 147 Å². The standard InChI is InChI=1S/C44H80N10O12/c1-8-27(9-2)37(51-25(6)55)35-31(53-43(45)46)20-29(41(59)60)39(35)65-22-33(57)49-14-18-63-16-12-24(5)13-17-64-19-15-50-34(58)23-66-40-30(42(61)62)21-32(54-44(47)48)36(40)38(52-26(7)56)28(10-3)11-4/h24,27-32,35-40H,8-23H2,1-7H3,(H,49,57)(H,50,58)(H,51,55)(H,52,56)(H,59,60)(H,61,62)(H4,45,46,53)(H4,47,48,54)/t24?,29-,30?,31+,32+,35+,36+,37+,38+,39+,40+/m0/s1. The number of carbonyl (C=O) groups excluding carboxylic acids is 4. The third kappa shape index (κ3) is 18.8. The van der Waals surface area contributed by atoms with Gasteiger partial charge in [-0.1, -0.05) is 60.3 Å². The van der Waals surface area contributed by atoms with Crippen LogP contribution in [0.1, 0.15) is 99.8 Å². The van der Waals surface area contributed by atoms with Gasteiger partial charge in [-0.15, -0.1) is 0 Å². The van der Waals surface area contributed by atoms with Crippen molar-refractivity contribution in [3.63, 3.8) is 0 Å². The SMILES string of the molecule is CCC(CC)[C@@H](NC(C)=O)[C@@H]1[C@H](OCC(=O)NCCOCCC(C)CCOCCNC(=O)CO[C@H]2[C@@H]([C@H](NC(C)=O)C(CC)CC)[C@H](N=C(N)N)C[C@@H]2C(=O)O)C(C(=O)O)C[C@H]1N=C(N)N. The van der Waals surface area contributed by atoms with Crippen LogP contribution in [0.25, 0.3) is 0 Å². The van der Waals surface area contributed by atoms with Gasteiger partial charge in [-0.2, -0.15) is 0 Å². The maximum atomic E-state index is 12.8. The number of nitrogens with zero attached hydrogens (tertiary/aromatic N) is 2. The fraction of sp³-hybridized carbons (Fsp3) is 0.818. The van der Waals surface area contributed by atoms with E-state index in [0.717, 1.165) is 12.8 Å². The molecule has 22 heteroatoms. The molecule has 0 radical (unpaired) electrons. The predicted molar refractivity (Wildman–Crippen MR) is 247 cm³/mol. The van der Waals surface area contributed by atoms with E-state index in [0.29, 0.717) is 38.9 Å². The molecule has 0 spiro atoms. The highest BCUT2D eigenvalue weighted by molar-refractivity contribution is 5.79. The van der Waals surface area contributed by atoms with E-state index in [9.17, 15) is 39.0 Å². The van der Waals surface area contributed by atoms with Crippen LogP contribution < -0.4 is 44.2 Å². The highest BCUT2D eigenvalue weighted by Crippen LogP contribution is 2.43. The minimum Gasteiger partial charge on any atom is -0.481 e. The molecule has 0 aromatic carbocycles. The maximum Gasteiger partial charge on any atom is 0.309 e. The molecule has 0 aliphatic heterocycles. The van der Waals surface area contributed by atoms with Crippen LogP contribution >= 0.6 is 0 Å². The predicted octanol–water partition coefficient (Wildman–Crippen LogP) is 0.0459. The molecule has 0 saturated heterocycles. The van der Waals surface area contributed by atoms with Crippen LogP contribution in [0, 0.1) is 41.4 Å². The van der Waals surface area contributed by atoms with Gasteiger partial charge in [0.2, 0.25) is 23.6 Å². The number of aliphatic carboxylic acids is 2. The Morgan fingerprint density at radius 2 is 0.955 bits per heavy atom. The number of aliphatic imine (C=N–C) groups is 2. The van der Waals surface area contributed by atoms with E-state index in [4.69, 9.17) is 41.9 Å². The number of nitrogens with two attached hydrogens (primary N) is 4. The average molecular weight is 941 g/mol. The largest absolute Gasteiger partial charge is 0.481 e. The number of carboxylic acids is 2. The third-order valence-electron chi connectivity index (χ3n) is 12.8. The van der Waals surface area contributed by atoms with Crippen LogP contribution in [-0.2, 0) is 47.7 Å².